The van der Waals surface area contributed by atoms with Crippen molar-refractivity contribution in [2.75, 3.05) is 32.8 Å². The van der Waals surface area contributed by atoms with Crippen LogP contribution in [-0.2, 0) is 19.1 Å². The lowest BCUT2D eigenvalue weighted by atomic mass is 9.94. The lowest BCUT2D eigenvalue weighted by Crippen LogP contribution is -2.52. The molecule has 0 aromatic heterocycles. The SMILES string of the molecule is CCOC(=O)C1CCN(C(=O)[C@H](CC(C)C)N2CC3=C(C2=O)[C@@H](c2ccccc2)NC(=O)N3CC)CC1. The Bertz CT molecular complexity index is 1060. The largest absolute Gasteiger partial charge is 0.466 e. The quantitative estimate of drug-likeness (QED) is 0.542. The summed E-state index contributed by atoms with van der Waals surface area (Å²) in [6, 6.07) is 8.04. The van der Waals surface area contributed by atoms with Crippen molar-refractivity contribution in [3.63, 3.8) is 0 Å². The summed E-state index contributed by atoms with van der Waals surface area (Å²) in [6.45, 7) is 9.66. The van der Waals surface area contributed by atoms with E-state index >= 15 is 0 Å². The van der Waals surface area contributed by atoms with Gasteiger partial charge in [0.05, 0.1) is 36.4 Å². The summed E-state index contributed by atoms with van der Waals surface area (Å²) in [5, 5.41) is 3.00. The fraction of sp³-hybridized carbons (Fsp3) is 0.571. The van der Waals surface area contributed by atoms with Crippen LogP contribution in [-0.4, -0.2) is 77.3 Å². The third kappa shape index (κ3) is 5.36. The fourth-order valence-corrected chi connectivity index (χ4v) is 5.61. The van der Waals surface area contributed by atoms with Crippen molar-refractivity contribution in [1.29, 1.82) is 0 Å². The first kappa shape index (κ1) is 26.7. The number of esters is 1. The first-order valence-corrected chi connectivity index (χ1v) is 13.4. The average molecular weight is 511 g/mol. The van der Waals surface area contributed by atoms with Gasteiger partial charge in [-0.2, -0.15) is 0 Å². The highest BCUT2D eigenvalue weighted by molar-refractivity contribution is 6.03. The molecular weight excluding hydrogens is 472 g/mol. The highest BCUT2D eigenvalue weighted by Crippen LogP contribution is 2.38. The van der Waals surface area contributed by atoms with E-state index in [1.165, 1.54) is 0 Å². The van der Waals surface area contributed by atoms with Gasteiger partial charge in [-0.1, -0.05) is 44.2 Å². The van der Waals surface area contributed by atoms with Gasteiger partial charge in [-0.3, -0.25) is 19.3 Å². The van der Waals surface area contributed by atoms with Crippen LogP contribution in [0.25, 0.3) is 0 Å². The number of likely N-dealkylation sites (tertiary alicyclic amines) is 1. The first-order valence-electron chi connectivity index (χ1n) is 13.4. The second kappa shape index (κ2) is 11.4. The number of hydrogen-bond donors (Lipinski definition) is 1. The van der Waals surface area contributed by atoms with Crippen molar-refractivity contribution < 1.29 is 23.9 Å². The van der Waals surface area contributed by atoms with Crippen LogP contribution in [0.15, 0.2) is 41.6 Å². The zero-order valence-corrected chi connectivity index (χ0v) is 22.2. The topological polar surface area (TPSA) is 99.3 Å². The first-order chi connectivity index (χ1) is 17.8. The molecule has 0 radical (unpaired) electrons. The van der Waals surface area contributed by atoms with Crippen molar-refractivity contribution in [3.8, 4) is 0 Å². The normalized spacial score (nSPS) is 21.3. The molecule has 2 atom stereocenters. The Kier molecular flexibility index (Phi) is 8.19. The van der Waals surface area contributed by atoms with Crippen molar-refractivity contribution in [2.24, 2.45) is 11.8 Å². The number of piperidine rings is 1. The second-order valence-electron chi connectivity index (χ2n) is 10.3. The molecule has 4 amide bonds. The maximum absolute atomic E-state index is 14.0. The van der Waals surface area contributed by atoms with Gasteiger partial charge >= 0.3 is 12.0 Å². The minimum Gasteiger partial charge on any atom is -0.466 e. The van der Waals surface area contributed by atoms with Crippen LogP contribution in [0.2, 0.25) is 0 Å². The average Bonchev–Trinajstić information content (AvgIpc) is 3.23. The number of ether oxygens (including phenoxy) is 1. The van der Waals surface area contributed by atoms with E-state index in [2.05, 4.69) is 5.32 Å². The summed E-state index contributed by atoms with van der Waals surface area (Å²) in [4.78, 5) is 58.0. The molecule has 0 aliphatic carbocycles. The van der Waals surface area contributed by atoms with Crippen LogP contribution in [0.4, 0.5) is 4.79 Å². The molecule has 0 saturated carbocycles. The van der Waals surface area contributed by atoms with Gasteiger partial charge in [-0.15, -0.1) is 0 Å². The van der Waals surface area contributed by atoms with E-state index in [1.807, 2.05) is 51.1 Å². The van der Waals surface area contributed by atoms with Crippen LogP contribution >= 0.6 is 0 Å². The van der Waals surface area contributed by atoms with Crippen LogP contribution in [0.5, 0.6) is 0 Å². The number of hydrogen-bond acceptors (Lipinski definition) is 5. The van der Waals surface area contributed by atoms with Gasteiger partial charge < -0.3 is 19.9 Å². The van der Waals surface area contributed by atoms with E-state index in [4.69, 9.17) is 4.74 Å². The number of carbonyl (C=O) groups is 4. The molecule has 1 fully saturated rings. The number of rotatable bonds is 8. The van der Waals surface area contributed by atoms with E-state index in [0.717, 1.165) is 5.56 Å². The van der Waals surface area contributed by atoms with E-state index in [9.17, 15) is 19.2 Å². The molecule has 9 nitrogen and oxygen atoms in total. The standard InChI is InChI=1S/C28H38N4O5/c1-5-31-22-17-32(26(34)23(22)24(29-28(31)36)19-10-8-7-9-11-19)21(16-18(3)4)25(33)30-14-12-20(13-15-30)27(35)37-6-2/h7-11,18,20-21,24H,5-6,12-17H2,1-4H3,(H,29,36)/t21-,24+/m0/s1. The molecule has 1 aromatic carbocycles. The minimum absolute atomic E-state index is 0.0946. The van der Waals surface area contributed by atoms with E-state index in [1.54, 1.807) is 21.6 Å². The lowest BCUT2D eigenvalue weighted by molar-refractivity contribution is -0.152. The molecule has 200 valence electrons. The molecule has 3 aliphatic rings. The molecule has 3 aliphatic heterocycles. The number of likely N-dealkylation sites (N-methyl/N-ethyl adjacent to an activating group) is 1. The summed E-state index contributed by atoms with van der Waals surface area (Å²) < 4.78 is 5.16. The van der Waals surface area contributed by atoms with Gasteiger partial charge in [0.25, 0.3) is 5.91 Å². The minimum atomic E-state index is -0.637. The predicted octanol–water partition coefficient (Wildman–Crippen LogP) is 3.09. The molecule has 1 aromatic rings. The smallest absolute Gasteiger partial charge is 0.322 e. The van der Waals surface area contributed by atoms with Crippen molar-refractivity contribution in [2.45, 2.75) is 59.0 Å². The van der Waals surface area contributed by atoms with Crippen LogP contribution in [0, 0.1) is 11.8 Å². The Morgan fingerprint density at radius 1 is 1.08 bits per heavy atom. The molecule has 37 heavy (non-hydrogen) atoms. The maximum Gasteiger partial charge on any atom is 0.322 e. The highest BCUT2D eigenvalue weighted by atomic mass is 16.5. The van der Waals surface area contributed by atoms with Gasteiger partial charge in [0.1, 0.15) is 6.04 Å². The molecule has 3 heterocycles. The molecular formula is C28H38N4O5. The Balaban J connectivity index is 1.58. The molecule has 0 spiro atoms. The Morgan fingerprint density at radius 2 is 1.76 bits per heavy atom. The molecule has 1 N–H and O–H groups in total. The van der Waals surface area contributed by atoms with Crippen molar-refractivity contribution in [1.82, 2.24) is 20.0 Å². The van der Waals surface area contributed by atoms with Crippen molar-refractivity contribution in [3.05, 3.63) is 47.2 Å². The van der Waals surface area contributed by atoms with E-state index in [-0.39, 0.29) is 42.2 Å². The lowest BCUT2D eigenvalue weighted by Gasteiger charge is -2.37. The number of carbonyl (C=O) groups excluding carboxylic acids is 4. The second-order valence-corrected chi connectivity index (χ2v) is 10.3. The number of nitrogens with zero attached hydrogens (tertiary/aromatic N) is 3. The van der Waals surface area contributed by atoms with Gasteiger partial charge in [0, 0.05) is 19.6 Å². The molecule has 4 rings (SSSR count). The number of benzene rings is 1. The number of urea groups is 1. The van der Waals surface area contributed by atoms with Gasteiger partial charge in [0.2, 0.25) is 5.91 Å². The van der Waals surface area contributed by atoms with Crippen LogP contribution < -0.4 is 5.32 Å². The summed E-state index contributed by atoms with van der Waals surface area (Å²) in [6.07, 6.45) is 1.63. The number of nitrogens with one attached hydrogen (secondary N) is 1. The fourth-order valence-electron chi connectivity index (χ4n) is 5.61. The number of amides is 4. The Hall–Kier alpha value is -3.36. The van der Waals surface area contributed by atoms with Gasteiger partial charge in [-0.25, -0.2) is 4.79 Å². The van der Waals surface area contributed by atoms with Crippen LogP contribution in [0.1, 0.15) is 58.6 Å². The molecule has 9 heteroatoms. The summed E-state index contributed by atoms with van der Waals surface area (Å²) in [7, 11) is 0. The zero-order chi connectivity index (χ0) is 26.7. The van der Waals surface area contributed by atoms with Crippen LogP contribution in [0.3, 0.4) is 0 Å². The summed E-state index contributed by atoms with van der Waals surface area (Å²) in [5.41, 5.74) is 2.05. The Labute approximate surface area is 218 Å². The Morgan fingerprint density at radius 3 is 2.35 bits per heavy atom. The molecule has 1 saturated heterocycles. The summed E-state index contributed by atoms with van der Waals surface area (Å²) >= 11 is 0. The summed E-state index contributed by atoms with van der Waals surface area (Å²) in [5.74, 6) is -0.519. The predicted molar refractivity (Wildman–Crippen MR) is 138 cm³/mol. The van der Waals surface area contributed by atoms with E-state index < -0.39 is 12.1 Å². The molecule has 0 bridgehead atoms. The molecule has 0 unspecified atom stereocenters. The van der Waals surface area contributed by atoms with Crippen molar-refractivity contribution >= 4 is 23.8 Å². The highest BCUT2D eigenvalue weighted by Gasteiger charge is 2.47. The monoisotopic (exact) mass is 510 g/mol. The zero-order valence-electron chi connectivity index (χ0n) is 22.2. The van der Waals surface area contributed by atoms with Gasteiger partial charge in [-0.05, 0) is 44.6 Å². The van der Waals surface area contributed by atoms with Gasteiger partial charge in [0.15, 0.2) is 0 Å². The third-order valence-electron chi connectivity index (χ3n) is 7.48. The van der Waals surface area contributed by atoms with E-state index in [0.29, 0.717) is 56.8 Å². The third-order valence-corrected chi connectivity index (χ3v) is 7.48. The maximum atomic E-state index is 14.0.